The molecule has 26 heavy (non-hydrogen) atoms. The number of nitrogens with one attached hydrogen (secondary N) is 2. The molecule has 150 valence electrons. The Morgan fingerprint density at radius 2 is 1.81 bits per heavy atom. The van der Waals surface area contributed by atoms with Crippen LogP contribution in [0.15, 0.2) is 29.3 Å². The molecule has 0 fully saturated rings. The van der Waals surface area contributed by atoms with Gasteiger partial charge in [0.15, 0.2) is 5.96 Å². The van der Waals surface area contributed by atoms with E-state index in [0.29, 0.717) is 45.2 Å². The summed E-state index contributed by atoms with van der Waals surface area (Å²) in [5.41, 5.74) is 1.20. The van der Waals surface area contributed by atoms with Crippen LogP contribution in [0.2, 0.25) is 0 Å². The molecule has 0 saturated carbocycles. The Labute approximate surface area is 174 Å². The minimum Gasteiger partial charge on any atom is -0.492 e. The second-order valence-electron chi connectivity index (χ2n) is 5.70. The lowest BCUT2D eigenvalue weighted by molar-refractivity contribution is 0.322. The lowest BCUT2D eigenvalue weighted by atomic mass is 10.2. The normalized spacial score (nSPS) is 11.8. The molecule has 2 N–H and O–H groups in total. The van der Waals surface area contributed by atoms with E-state index in [1.54, 1.807) is 7.05 Å². The van der Waals surface area contributed by atoms with Gasteiger partial charge < -0.3 is 15.4 Å². The van der Waals surface area contributed by atoms with Crippen LogP contribution in [0, 0.1) is 6.92 Å². The smallest absolute Gasteiger partial charge is 0.211 e. The van der Waals surface area contributed by atoms with Crippen LogP contribution in [-0.2, 0) is 10.0 Å². The van der Waals surface area contributed by atoms with Crippen LogP contribution in [0.4, 0.5) is 0 Å². The van der Waals surface area contributed by atoms with E-state index in [-0.39, 0.29) is 24.0 Å². The third-order valence-electron chi connectivity index (χ3n) is 3.61. The third kappa shape index (κ3) is 10.2. The zero-order valence-electron chi connectivity index (χ0n) is 16.0. The molecule has 9 heteroatoms. The predicted octanol–water partition coefficient (Wildman–Crippen LogP) is 1.83. The van der Waals surface area contributed by atoms with Gasteiger partial charge in [0.05, 0.1) is 12.8 Å². The number of rotatable bonds is 10. The van der Waals surface area contributed by atoms with Gasteiger partial charge in [-0.15, -0.1) is 24.0 Å². The van der Waals surface area contributed by atoms with Crippen molar-refractivity contribution in [1.82, 2.24) is 14.9 Å². The van der Waals surface area contributed by atoms with E-state index >= 15 is 0 Å². The molecule has 1 rings (SSSR count). The zero-order valence-corrected chi connectivity index (χ0v) is 19.1. The summed E-state index contributed by atoms with van der Waals surface area (Å²) >= 11 is 0. The molecular formula is C17H31IN4O3S. The Balaban J connectivity index is 0.00000625. The molecule has 0 amide bonds. The number of benzene rings is 1. The molecule has 1 aromatic carbocycles. The number of halogens is 1. The number of sulfonamides is 1. The molecule has 0 aliphatic heterocycles. The van der Waals surface area contributed by atoms with Crippen LogP contribution in [0.3, 0.4) is 0 Å². The van der Waals surface area contributed by atoms with E-state index in [1.807, 2.05) is 38.1 Å². The molecule has 0 unspecified atom stereocenters. The van der Waals surface area contributed by atoms with Gasteiger partial charge >= 0.3 is 0 Å². The number of hydrogen-bond donors (Lipinski definition) is 2. The quantitative estimate of drug-likeness (QED) is 0.223. The summed E-state index contributed by atoms with van der Waals surface area (Å²) in [6.07, 6.45) is 1.94. The van der Waals surface area contributed by atoms with E-state index in [9.17, 15) is 8.42 Å². The van der Waals surface area contributed by atoms with Crippen molar-refractivity contribution in [2.45, 2.75) is 20.3 Å². The van der Waals surface area contributed by atoms with Gasteiger partial charge in [0, 0.05) is 26.7 Å². The Morgan fingerprint density at radius 3 is 2.35 bits per heavy atom. The largest absolute Gasteiger partial charge is 0.492 e. The Morgan fingerprint density at radius 1 is 1.19 bits per heavy atom. The van der Waals surface area contributed by atoms with Crippen molar-refractivity contribution in [2.24, 2.45) is 4.99 Å². The molecule has 0 radical (unpaired) electrons. The van der Waals surface area contributed by atoms with Gasteiger partial charge in [-0.25, -0.2) is 12.7 Å². The van der Waals surface area contributed by atoms with Crippen LogP contribution in [0.5, 0.6) is 5.75 Å². The highest BCUT2D eigenvalue weighted by atomic mass is 127. The molecule has 0 aliphatic carbocycles. The maximum Gasteiger partial charge on any atom is 0.211 e. The molecule has 7 nitrogen and oxygen atoms in total. The number of aryl methyl sites for hydroxylation is 1. The lowest BCUT2D eigenvalue weighted by Crippen LogP contribution is -2.40. The van der Waals surface area contributed by atoms with E-state index in [4.69, 9.17) is 4.74 Å². The van der Waals surface area contributed by atoms with Crippen molar-refractivity contribution in [1.29, 1.82) is 0 Å². The maximum atomic E-state index is 11.5. The van der Waals surface area contributed by atoms with Gasteiger partial charge in [-0.1, -0.05) is 24.6 Å². The minimum atomic E-state index is -3.12. The van der Waals surface area contributed by atoms with Crippen LogP contribution in [0.1, 0.15) is 18.9 Å². The number of aliphatic imine (C=N–C) groups is 1. The molecule has 0 spiro atoms. The van der Waals surface area contributed by atoms with Gasteiger partial charge in [-0.2, -0.15) is 0 Å². The van der Waals surface area contributed by atoms with Crippen LogP contribution in [-0.4, -0.2) is 64.8 Å². The highest BCUT2D eigenvalue weighted by molar-refractivity contribution is 14.0. The topological polar surface area (TPSA) is 83.0 Å². The van der Waals surface area contributed by atoms with Crippen molar-refractivity contribution in [2.75, 3.05) is 46.1 Å². The Hall–Kier alpha value is -1.07. The summed E-state index contributed by atoms with van der Waals surface area (Å²) in [5, 5.41) is 6.33. The second-order valence-corrected chi connectivity index (χ2v) is 7.68. The van der Waals surface area contributed by atoms with Gasteiger partial charge in [-0.05, 0) is 25.5 Å². The molecular weight excluding hydrogens is 467 g/mol. The third-order valence-corrected chi connectivity index (χ3v) is 4.99. The maximum absolute atomic E-state index is 11.5. The first-order chi connectivity index (χ1) is 11.9. The standard InChI is InChI=1S/C17H30N4O3S.HI/c1-5-21(25(4,22)23)13-6-11-19-17(18-3)20-12-14-24-16-9-7-15(2)8-10-16;/h7-10H,5-6,11-14H2,1-4H3,(H2,18,19,20);1H. The summed E-state index contributed by atoms with van der Waals surface area (Å²) < 4.78 is 30.1. The monoisotopic (exact) mass is 498 g/mol. The van der Waals surface area contributed by atoms with Crippen molar-refractivity contribution in [3.63, 3.8) is 0 Å². The summed E-state index contributed by atoms with van der Waals surface area (Å²) in [6, 6.07) is 7.92. The average Bonchev–Trinajstić information content (AvgIpc) is 2.57. The molecule has 0 atom stereocenters. The van der Waals surface area contributed by atoms with Gasteiger partial charge in [0.25, 0.3) is 0 Å². The van der Waals surface area contributed by atoms with E-state index < -0.39 is 10.0 Å². The summed E-state index contributed by atoms with van der Waals surface area (Å²) in [7, 11) is -1.43. The number of guanidine groups is 1. The summed E-state index contributed by atoms with van der Waals surface area (Å²) in [6.45, 7) is 6.65. The molecule has 0 saturated heterocycles. The van der Waals surface area contributed by atoms with Crippen LogP contribution < -0.4 is 15.4 Å². The number of nitrogens with zero attached hydrogens (tertiary/aromatic N) is 2. The molecule has 0 aromatic heterocycles. The Bertz CT molecular complexity index is 636. The fourth-order valence-corrected chi connectivity index (χ4v) is 3.14. The first-order valence-electron chi connectivity index (χ1n) is 8.46. The van der Waals surface area contributed by atoms with E-state index in [1.165, 1.54) is 16.1 Å². The predicted molar refractivity (Wildman–Crippen MR) is 118 cm³/mol. The highest BCUT2D eigenvalue weighted by Gasteiger charge is 2.13. The van der Waals surface area contributed by atoms with Gasteiger partial charge in [0.1, 0.15) is 12.4 Å². The lowest BCUT2D eigenvalue weighted by Gasteiger charge is -2.18. The van der Waals surface area contributed by atoms with Gasteiger partial charge in [0.2, 0.25) is 10.0 Å². The summed E-state index contributed by atoms with van der Waals surface area (Å²) in [5.74, 6) is 1.52. The van der Waals surface area contributed by atoms with Crippen LogP contribution in [0.25, 0.3) is 0 Å². The van der Waals surface area contributed by atoms with Crippen molar-refractivity contribution >= 4 is 40.0 Å². The number of ether oxygens (including phenoxy) is 1. The molecule has 0 bridgehead atoms. The van der Waals surface area contributed by atoms with Crippen molar-refractivity contribution in [3.8, 4) is 5.75 Å². The van der Waals surface area contributed by atoms with E-state index in [0.717, 1.165) is 5.75 Å². The minimum absolute atomic E-state index is 0. The fraction of sp³-hybridized carbons (Fsp3) is 0.588. The van der Waals surface area contributed by atoms with Gasteiger partial charge in [-0.3, -0.25) is 4.99 Å². The molecule has 0 heterocycles. The fourth-order valence-electron chi connectivity index (χ4n) is 2.21. The second kappa shape index (κ2) is 13.2. The first-order valence-corrected chi connectivity index (χ1v) is 10.3. The number of hydrogen-bond acceptors (Lipinski definition) is 4. The average molecular weight is 498 g/mol. The molecule has 0 aliphatic rings. The van der Waals surface area contributed by atoms with Crippen molar-refractivity contribution < 1.29 is 13.2 Å². The zero-order chi connectivity index (χ0) is 18.7. The highest BCUT2D eigenvalue weighted by Crippen LogP contribution is 2.10. The first kappa shape index (κ1) is 24.9. The van der Waals surface area contributed by atoms with E-state index in [2.05, 4.69) is 15.6 Å². The summed E-state index contributed by atoms with van der Waals surface area (Å²) in [4.78, 5) is 4.14. The van der Waals surface area contributed by atoms with Crippen LogP contribution >= 0.6 is 24.0 Å². The molecule has 1 aromatic rings. The Kier molecular flexibility index (Phi) is 12.6. The van der Waals surface area contributed by atoms with Crippen molar-refractivity contribution in [3.05, 3.63) is 29.8 Å². The SMILES string of the molecule is CCN(CCCNC(=NC)NCCOc1ccc(C)cc1)S(C)(=O)=O.I.